The quantitative estimate of drug-likeness (QED) is 0.237. The van der Waals surface area contributed by atoms with E-state index in [1.165, 1.54) is 6.07 Å². The van der Waals surface area contributed by atoms with Gasteiger partial charge in [0.25, 0.3) is 5.91 Å². The van der Waals surface area contributed by atoms with Crippen LogP contribution in [0.1, 0.15) is 84.2 Å². The standard InChI is InChI=1S/C35H36FN5O5/c1-18-3-10-26(36)24(11-18)30-31-25(34(2,17-45-31)33(37)43)15-28(39-30)35(44,21-6-7-21)16-38-32(42)20-12-22-14-27(19-4-5-19)40-41(22)29(13-20)46-23-8-9-23/h3,10-15,19,21,23,44H,4-9,16-17H2,1-2H3,(H2,37,43)(H,38,42)/t34-,35+/m0/s1. The number of primary amides is 1. The minimum Gasteiger partial charge on any atom is -0.489 e. The number of ether oxygens (including phenoxy) is 2. The summed E-state index contributed by atoms with van der Waals surface area (Å²) in [7, 11) is 0. The fourth-order valence-corrected chi connectivity index (χ4v) is 6.37. The third-order valence-corrected chi connectivity index (χ3v) is 9.82. The normalized spacial score (nSPS) is 21.8. The van der Waals surface area contributed by atoms with E-state index in [0.717, 1.165) is 42.5 Å². The van der Waals surface area contributed by atoms with Gasteiger partial charge in [-0.05, 0) is 88.6 Å². The zero-order chi connectivity index (χ0) is 32.0. The van der Waals surface area contributed by atoms with Gasteiger partial charge in [-0.15, -0.1) is 0 Å². The molecule has 0 saturated heterocycles. The lowest BCUT2D eigenvalue weighted by molar-refractivity contribution is -0.123. The molecule has 238 valence electrons. The van der Waals surface area contributed by atoms with Crippen LogP contribution in [0.2, 0.25) is 0 Å². The van der Waals surface area contributed by atoms with Crippen LogP contribution in [0.15, 0.2) is 42.5 Å². The Morgan fingerprint density at radius 1 is 1.15 bits per heavy atom. The summed E-state index contributed by atoms with van der Waals surface area (Å²) in [5, 5.41) is 20.0. The van der Waals surface area contributed by atoms with Gasteiger partial charge < -0.3 is 25.6 Å². The molecule has 1 aliphatic heterocycles. The maximum absolute atomic E-state index is 15.3. The van der Waals surface area contributed by atoms with E-state index in [-0.39, 0.29) is 53.8 Å². The fourth-order valence-electron chi connectivity index (χ4n) is 6.37. The third kappa shape index (κ3) is 4.88. The number of benzene rings is 1. The average Bonchev–Trinajstić information content (AvgIpc) is 3.92. The van der Waals surface area contributed by atoms with E-state index in [9.17, 15) is 14.7 Å². The second kappa shape index (κ2) is 10.2. The monoisotopic (exact) mass is 625 g/mol. The summed E-state index contributed by atoms with van der Waals surface area (Å²) in [6.45, 7) is 3.32. The molecule has 4 heterocycles. The minimum absolute atomic E-state index is 0.0351. The first-order valence-electron chi connectivity index (χ1n) is 16.0. The summed E-state index contributed by atoms with van der Waals surface area (Å²) < 4.78 is 29.1. The van der Waals surface area contributed by atoms with E-state index >= 15 is 4.39 Å². The van der Waals surface area contributed by atoms with E-state index in [0.29, 0.717) is 35.8 Å². The first kappa shape index (κ1) is 28.9. The number of nitrogens with two attached hydrogens (primary N) is 1. The van der Waals surface area contributed by atoms with Crippen molar-refractivity contribution in [3.8, 4) is 22.9 Å². The smallest absolute Gasteiger partial charge is 0.251 e. The van der Waals surface area contributed by atoms with Crippen molar-refractivity contribution in [1.29, 1.82) is 0 Å². The maximum atomic E-state index is 15.3. The van der Waals surface area contributed by atoms with Gasteiger partial charge in [-0.3, -0.25) is 9.59 Å². The highest BCUT2D eigenvalue weighted by Gasteiger charge is 2.50. The van der Waals surface area contributed by atoms with Gasteiger partial charge in [0.1, 0.15) is 41.0 Å². The highest BCUT2D eigenvalue weighted by Crippen LogP contribution is 2.50. The molecular weight excluding hydrogens is 589 g/mol. The molecule has 8 rings (SSSR count). The number of aryl methyl sites for hydroxylation is 1. The van der Waals surface area contributed by atoms with Crippen LogP contribution in [0, 0.1) is 18.7 Å². The van der Waals surface area contributed by atoms with Gasteiger partial charge in [-0.1, -0.05) is 11.6 Å². The summed E-state index contributed by atoms with van der Waals surface area (Å²) in [5.74, 6) is -0.479. The number of fused-ring (bicyclic) bond motifs is 2. The van der Waals surface area contributed by atoms with Gasteiger partial charge in [-0.25, -0.2) is 13.9 Å². The number of amides is 2. The number of aromatic nitrogens is 3. The van der Waals surface area contributed by atoms with Crippen LogP contribution in [0.5, 0.6) is 11.6 Å². The molecule has 3 aliphatic carbocycles. The van der Waals surface area contributed by atoms with Crippen LogP contribution >= 0.6 is 0 Å². The zero-order valence-corrected chi connectivity index (χ0v) is 25.8. The molecular formula is C35H36FN5O5. The highest BCUT2D eigenvalue weighted by molar-refractivity contribution is 5.96. The van der Waals surface area contributed by atoms with Crippen molar-refractivity contribution in [2.75, 3.05) is 13.2 Å². The second-order valence-electron chi connectivity index (χ2n) is 13.7. The average molecular weight is 626 g/mol. The Kier molecular flexibility index (Phi) is 6.45. The minimum atomic E-state index is -1.60. The molecule has 3 saturated carbocycles. The molecule has 2 atom stereocenters. The molecule has 11 heteroatoms. The lowest BCUT2D eigenvalue weighted by atomic mass is 9.81. The number of hydrogen-bond acceptors (Lipinski definition) is 7. The number of pyridine rings is 2. The van der Waals surface area contributed by atoms with Crippen molar-refractivity contribution in [3.05, 3.63) is 76.4 Å². The number of nitrogens with zero attached hydrogens (tertiary/aromatic N) is 3. The first-order valence-corrected chi connectivity index (χ1v) is 16.0. The Morgan fingerprint density at radius 2 is 1.93 bits per heavy atom. The van der Waals surface area contributed by atoms with Gasteiger partial charge in [0, 0.05) is 28.7 Å². The van der Waals surface area contributed by atoms with Gasteiger partial charge in [0.05, 0.1) is 23.4 Å². The predicted molar refractivity (Wildman–Crippen MR) is 166 cm³/mol. The third-order valence-electron chi connectivity index (χ3n) is 9.82. The molecule has 0 unspecified atom stereocenters. The summed E-state index contributed by atoms with van der Waals surface area (Å²) in [4.78, 5) is 31.2. The largest absolute Gasteiger partial charge is 0.489 e. The van der Waals surface area contributed by atoms with E-state index < -0.39 is 22.7 Å². The lowest BCUT2D eigenvalue weighted by Crippen LogP contribution is -2.44. The number of rotatable bonds is 10. The molecule has 2 amide bonds. The first-order chi connectivity index (χ1) is 22.0. The van der Waals surface area contributed by atoms with E-state index in [1.54, 1.807) is 41.8 Å². The van der Waals surface area contributed by atoms with Gasteiger partial charge in [0.2, 0.25) is 11.8 Å². The van der Waals surface area contributed by atoms with Crippen LogP contribution in [-0.2, 0) is 15.8 Å². The molecule has 4 aromatic rings. The number of nitrogens with one attached hydrogen (secondary N) is 1. The SMILES string of the molecule is Cc1ccc(F)c(-c2nc([C@@](O)(CNC(=O)c3cc(OC4CC4)n4nc(C5CC5)cc4c3)C3CC3)cc3c2OC[C@]3(C)C(N)=O)c1. The summed E-state index contributed by atoms with van der Waals surface area (Å²) in [6.07, 6.45) is 5.69. The number of carbonyl (C=O) groups excluding carboxylic acids is 2. The lowest BCUT2D eigenvalue weighted by Gasteiger charge is -2.30. The molecule has 10 nitrogen and oxygen atoms in total. The van der Waals surface area contributed by atoms with Gasteiger partial charge >= 0.3 is 0 Å². The number of aliphatic hydroxyl groups is 1. The van der Waals surface area contributed by atoms with Gasteiger partial charge in [-0.2, -0.15) is 5.10 Å². The molecule has 3 aromatic heterocycles. The summed E-state index contributed by atoms with van der Waals surface area (Å²) in [5.41, 5.74) is 7.03. The molecule has 4 N–H and O–H groups in total. The Hall–Kier alpha value is -4.51. The Labute approximate surface area is 265 Å². The fraction of sp³-hybridized carbons (Fsp3) is 0.429. The topological polar surface area (TPSA) is 141 Å². The molecule has 0 spiro atoms. The van der Waals surface area contributed by atoms with Crippen LogP contribution in [-0.4, -0.2) is 50.8 Å². The van der Waals surface area contributed by atoms with E-state index in [1.807, 2.05) is 13.0 Å². The summed E-state index contributed by atoms with van der Waals surface area (Å²) in [6, 6.07) is 11.8. The number of hydrogen-bond donors (Lipinski definition) is 3. The Bertz CT molecular complexity index is 1930. The van der Waals surface area contributed by atoms with Crippen molar-refractivity contribution in [3.63, 3.8) is 0 Å². The van der Waals surface area contributed by atoms with Crippen LogP contribution < -0.4 is 20.5 Å². The van der Waals surface area contributed by atoms with E-state index in [4.69, 9.17) is 25.3 Å². The van der Waals surface area contributed by atoms with Crippen molar-refractivity contribution in [2.24, 2.45) is 11.7 Å². The van der Waals surface area contributed by atoms with Crippen molar-refractivity contribution in [1.82, 2.24) is 19.9 Å². The zero-order valence-electron chi connectivity index (χ0n) is 25.8. The second-order valence-corrected chi connectivity index (χ2v) is 13.7. The van der Waals surface area contributed by atoms with Crippen LogP contribution in [0.25, 0.3) is 16.8 Å². The van der Waals surface area contributed by atoms with Crippen LogP contribution in [0.4, 0.5) is 4.39 Å². The predicted octanol–water partition coefficient (Wildman–Crippen LogP) is 4.43. The number of carbonyl (C=O) groups is 2. The molecule has 1 aromatic carbocycles. The molecule has 0 bridgehead atoms. The van der Waals surface area contributed by atoms with Crippen molar-refractivity contribution >= 4 is 17.3 Å². The Morgan fingerprint density at radius 3 is 2.63 bits per heavy atom. The molecule has 3 fully saturated rings. The van der Waals surface area contributed by atoms with E-state index in [2.05, 4.69) is 5.32 Å². The van der Waals surface area contributed by atoms with Crippen molar-refractivity contribution in [2.45, 2.75) is 75.4 Å². The maximum Gasteiger partial charge on any atom is 0.251 e. The Balaban J connectivity index is 1.16. The highest BCUT2D eigenvalue weighted by atomic mass is 19.1. The van der Waals surface area contributed by atoms with Gasteiger partial charge in [0.15, 0.2) is 0 Å². The molecule has 4 aliphatic rings. The van der Waals surface area contributed by atoms with Crippen LogP contribution in [0.3, 0.4) is 0 Å². The van der Waals surface area contributed by atoms with Crippen molar-refractivity contribution < 1.29 is 28.6 Å². The molecule has 46 heavy (non-hydrogen) atoms. The summed E-state index contributed by atoms with van der Waals surface area (Å²) >= 11 is 0. The molecule has 0 radical (unpaired) electrons. The number of halogens is 1.